The molecule has 0 aromatic heterocycles. The number of hydrogen-bond acceptors (Lipinski definition) is 4. The van der Waals surface area contributed by atoms with E-state index in [9.17, 15) is 19.8 Å². The normalized spacial score (nSPS) is 10.2. The van der Waals surface area contributed by atoms with Crippen molar-refractivity contribution in [2.45, 2.75) is 26.7 Å². The van der Waals surface area contributed by atoms with Gasteiger partial charge in [0.05, 0.1) is 11.9 Å². The Morgan fingerprint density at radius 3 is 1.33 bits per heavy atom. The van der Waals surface area contributed by atoms with Crippen LogP contribution in [0.25, 0.3) is 0 Å². The van der Waals surface area contributed by atoms with E-state index in [-0.39, 0.29) is 29.9 Å². The van der Waals surface area contributed by atoms with E-state index >= 15 is 0 Å². The molecule has 0 heterocycles. The Hall–Kier alpha value is -0.541. The topological polar surface area (TPSA) is 80.3 Å². The van der Waals surface area contributed by atoms with Crippen LogP contribution in [0.5, 0.6) is 0 Å². The number of carboxylic acids is 2. The van der Waals surface area contributed by atoms with Gasteiger partial charge in [0.2, 0.25) is 0 Å². The van der Waals surface area contributed by atoms with Gasteiger partial charge >= 0.3 is 17.1 Å². The zero-order chi connectivity index (χ0) is 9.07. The summed E-state index contributed by atoms with van der Waals surface area (Å²) in [7, 11) is 0. The number of carbonyl (C=O) groups is 2. The fraction of sp³-hybridized carbons (Fsp3) is 0.714. The van der Waals surface area contributed by atoms with Crippen LogP contribution < -0.4 is 10.2 Å². The van der Waals surface area contributed by atoms with E-state index in [1.54, 1.807) is 0 Å². The van der Waals surface area contributed by atoms with Crippen LogP contribution in [0, 0.1) is 5.41 Å². The maximum absolute atomic E-state index is 10.4. The minimum absolute atomic E-state index is 0. The van der Waals surface area contributed by atoms with Gasteiger partial charge in [-0.1, -0.05) is 13.8 Å². The Kier molecular flexibility index (Phi) is 6.03. The molecule has 0 unspecified atom stereocenters. The predicted octanol–water partition coefficient (Wildman–Crippen LogP) is -1.71. The van der Waals surface area contributed by atoms with E-state index < -0.39 is 17.4 Å². The predicted molar refractivity (Wildman–Crippen MR) is 33.0 cm³/mol. The molecule has 5 heteroatoms. The molecule has 0 aliphatic carbocycles. The molecular weight excluding hydrogens is 204 g/mol. The standard InChI is InChI=1S/C7H12O4.Fe/c1-3-7(4-2,5(8)9)6(10)11;/h3-4H2,1-2H3,(H,8,9)(H,10,11);/q;+2/p-2. The van der Waals surface area contributed by atoms with E-state index in [1.165, 1.54) is 13.8 Å². The molecule has 0 atom stereocenters. The Morgan fingerprint density at radius 1 is 1.08 bits per heavy atom. The largest absolute Gasteiger partial charge is 2.00 e. The molecule has 0 saturated carbocycles. The second kappa shape index (κ2) is 5.17. The van der Waals surface area contributed by atoms with Gasteiger partial charge in [-0.15, -0.1) is 0 Å². The van der Waals surface area contributed by atoms with Crippen molar-refractivity contribution in [3.8, 4) is 0 Å². The summed E-state index contributed by atoms with van der Waals surface area (Å²) in [5.41, 5.74) is -1.81. The van der Waals surface area contributed by atoms with E-state index in [0.29, 0.717) is 0 Å². The number of rotatable bonds is 4. The molecule has 0 fully saturated rings. The maximum Gasteiger partial charge on any atom is 2.00 e. The van der Waals surface area contributed by atoms with Gasteiger partial charge in [-0.05, 0) is 12.8 Å². The molecule has 0 spiro atoms. The molecule has 0 aromatic carbocycles. The number of aliphatic carboxylic acids is 2. The zero-order valence-corrected chi connectivity index (χ0v) is 8.00. The molecule has 0 bridgehead atoms. The molecule has 0 aliphatic heterocycles. The van der Waals surface area contributed by atoms with Gasteiger partial charge in [-0.3, -0.25) is 0 Å². The van der Waals surface area contributed by atoms with Gasteiger partial charge in [0.15, 0.2) is 0 Å². The maximum atomic E-state index is 10.4. The van der Waals surface area contributed by atoms with Crippen LogP contribution in [0.15, 0.2) is 0 Å². The van der Waals surface area contributed by atoms with Gasteiger partial charge in [0, 0.05) is 5.41 Å². The molecule has 70 valence electrons. The average Bonchev–Trinajstić information content (AvgIpc) is 1.90. The first-order valence-corrected chi connectivity index (χ1v) is 3.44. The summed E-state index contributed by atoms with van der Waals surface area (Å²) in [6, 6.07) is 0. The number of hydrogen-bond donors (Lipinski definition) is 0. The summed E-state index contributed by atoms with van der Waals surface area (Å²) < 4.78 is 0. The molecule has 0 aliphatic rings. The molecule has 0 rings (SSSR count). The van der Waals surface area contributed by atoms with Crippen LogP contribution >= 0.6 is 0 Å². The molecule has 0 amide bonds. The van der Waals surface area contributed by atoms with Crippen LogP contribution in [-0.2, 0) is 26.7 Å². The monoisotopic (exact) mass is 214 g/mol. The van der Waals surface area contributed by atoms with Crippen molar-refractivity contribution in [1.82, 2.24) is 0 Å². The van der Waals surface area contributed by atoms with Crippen LogP contribution in [-0.4, -0.2) is 11.9 Å². The second-order valence-electron chi connectivity index (χ2n) is 2.36. The SMILES string of the molecule is CCC(CC)(C(=O)[O-])C(=O)[O-].[Fe+2]. The molecule has 12 heavy (non-hydrogen) atoms. The first kappa shape index (κ1) is 14.0. The Labute approximate surface area is 81.4 Å². The molecule has 0 N–H and O–H groups in total. The van der Waals surface area contributed by atoms with E-state index in [0.717, 1.165) is 0 Å². The molecule has 0 saturated heterocycles. The van der Waals surface area contributed by atoms with Crippen molar-refractivity contribution >= 4 is 11.9 Å². The summed E-state index contributed by atoms with van der Waals surface area (Å²) in [6.45, 7) is 2.96. The number of carboxylic acid groups (broad SMARTS) is 2. The van der Waals surface area contributed by atoms with Crippen molar-refractivity contribution in [2.24, 2.45) is 5.41 Å². The summed E-state index contributed by atoms with van der Waals surface area (Å²) in [5.74, 6) is -3.13. The van der Waals surface area contributed by atoms with Gasteiger partial charge in [0.25, 0.3) is 0 Å². The third-order valence-electron chi connectivity index (χ3n) is 1.99. The Balaban J connectivity index is 0. The average molecular weight is 214 g/mol. The van der Waals surface area contributed by atoms with Crippen molar-refractivity contribution in [2.75, 3.05) is 0 Å². The fourth-order valence-electron chi connectivity index (χ4n) is 0.911. The van der Waals surface area contributed by atoms with Crippen LogP contribution in [0.2, 0.25) is 0 Å². The first-order valence-electron chi connectivity index (χ1n) is 3.44. The van der Waals surface area contributed by atoms with Crippen molar-refractivity contribution in [3.05, 3.63) is 0 Å². The van der Waals surface area contributed by atoms with Gasteiger partial charge in [-0.2, -0.15) is 0 Å². The first-order chi connectivity index (χ1) is 5.01. The smallest absolute Gasteiger partial charge is 0.549 e. The van der Waals surface area contributed by atoms with Crippen LogP contribution in [0.4, 0.5) is 0 Å². The third kappa shape index (κ3) is 2.22. The van der Waals surface area contributed by atoms with Gasteiger partial charge in [-0.25, -0.2) is 0 Å². The zero-order valence-electron chi connectivity index (χ0n) is 6.90. The van der Waals surface area contributed by atoms with E-state index in [4.69, 9.17) is 0 Å². The van der Waals surface area contributed by atoms with Gasteiger partial charge in [0.1, 0.15) is 0 Å². The summed E-state index contributed by atoms with van der Waals surface area (Å²) in [4.78, 5) is 20.8. The summed E-state index contributed by atoms with van der Waals surface area (Å²) in [5, 5.41) is 20.8. The van der Waals surface area contributed by atoms with Crippen molar-refractivity contribution < 1.29 is 36.9 Å². The summed E-state index contributed by atoms with van der Waals surface area (Å²) in [6.07, 6.45) is -0.0116. The van der Waals surface area contributed by atoms with Crippen LogP contribution in [0.1, 0.15) is 26.7 Å². The van der Waals surface area contributed by atoms with Crippen LogP contribution in [0.3, 0.4) is 0 Å². The quantitative estimate of drug-likeness (QED) is 0.412. The molecule has 0 aromatic rings. The minimum atomic E-state index is -1.81. The van der Waals surface area contributed by atoms with Gasteiger partial charge < -0.3 is 19.8 Å². The Bertz CT molecular complexity index is 158. The molecular formula is C7H10FeO4. The van der Waals surface area contributed by atoms with E-state index in [2.05, 4.69) is 0 Å². The second-order valence-corrected chi connectivity index (χ2v) is 2.36. The third-order valence-corrected chi connectivity index (χ3v) is 1.99. The Morgan fingerprint density at radius 2 is 1.33 bits per heavy atom. The van der Waals surface area contributed by atoms with E-state index in [1.807, 2.05) is 0 Å². The van der Waals surface area contributed by atoms with Crippen molar-refractivity contribution in [3.63, 3.8) is 0 Å². The minimum Gasteiger partial charge on any atom is -0.549 e. The fourth-order valence-corrected chi connectivity index (χ4v) is 0.911. The van der Waals surface area contributed by atoms with Crippen molar-refractivity contribution in [1.29, 1.82) is 0 Å². The number of carbonyl (C=O) groups excluding carboxylic acids is 2. The molecule has 0 radical (unpaired) electrons. The summed E-state index contributed by atoms with van der Waals surface area (Å²) >= 11 is 0. The molecule has 4 nitrogen and oxygen atoms in total.